The van der Waals surface area contributed by atoms with E-state index in [1.54, 1.807) is 21.3 Å². The molecule has 6 heteroatoms. The van der Waals surface area contributed by atoms with E-state index >= 15 is 0 Å². The summed E-state index contributed by atoms with van der Waals surface area (Å²) in [7, 11) is 1.98. The predicted octanol–water partition coefficient (Wildman–Crippen LogP) is 2.00. The number of rotatable bonds is 7. The van der Waals surface area contributed by atoms with Crippen LogP contribution in [0, 0.1) is 0 Å². The van der Waals surface area contributed by atoms with Gasteiger partial charge in [-0.1, -0.05) is 0 Å². The van der Waals surface area contributed by atoms with Crippen molar-refractivity contribution in [3.63, 3.8) is 0 Å². The molecule has 1 unspecified atom stereocenters. The van der Waals surface area contributed by atoms with E-state index in [9.17, 15) is 3.87 Å². The van der Waals surface area contributed by atoms with Crippen LogP contribution in [0.5, 0.6) is 0 Å². The second-order valence-corrected chi connectivity index (χ2v) is 8.80. The minimum atomic E-state index is -2.64. The predicted molar refractivity (Wildman–Crippen MR) is 52.0 cm³/mol. The van der Waals surface area contributed by atoms with Crippen molar-refractivity contribution in [1.29, 1.82) is 0 Å². The molecule has 0 aromatic carbocycles. The van der Waals surface area contributed by atoms with Gasteiger partial charge >= 0.3 is 91.0 Å². The Kier molecular flexibility index (Phi) is 7.00. The molecule has 89 valence electrons. The van der Waals surface area contributed by atoms with Gasteiger partial charge in [-0.3, -0.25) is 0 Å². The Morgan fingerprint density at radius 2 is 1.64 bits per heavy atom. The average Bonchev–Trinajstić information content (AvgIpc) is 2.24. The summed E-state index contributed by atoms with van der Waals surface area (Å²) in [6.07, 6.45) is 0.899. The van der Waals surface area contributed by atoms with Crippen LogP contribution in [-0.2, 0) is 30.7 Å². The Hall–Kier alpha value is 0.403. The molecule has 0 heterocycles. The maximum atomic E-state index is 11.8. The normalized spacial score (nSPS) is 15.4. The molecule has 0 amide bonds. The van der Waals surface area contributed by atoms with Crippen molar-refractivity contribution in [3.05, 3.63) is 0 Å². The van der Waals surface area contributed by atoms with E-state index in [0.717, 1.165) is 6.42 Å². The SMILES string of the molecule is CC[CH](C)[Co](=[O])[CH2][Si](OC)(OC)OC. The molecule has 0 bridgehead atoms. The first-order valence-corrected chi connectivity index (χ1v) is 8.14. The molecule has 0 radical (unpaired) electrons. The summed E-state index contributed by atoms with van der Waals surface area (Å²) in [6, 6.07) is 0. The van der Waals surface area contributed by atoms with Gasteiger partial charge in [0.25, 0.3) is 0 Å². The van der Waals surface area contributed by atoms with Crippen LogP contribution < -0.4 is 0 Å². The van der Waals surface area contributed by atoms with Crippen LogP contribution in [0.4, 0.5) is 0 Å². The Morgan fingerprint density at radius 3 is 1.93 bits per heavy atom. The van der Waals surface area contributed by atoms with E-state index in [-0.39, 0.29) is 4.85 Å². The molecular formula is C8H20CoO4Si. The van der Waals surface area contributed by atoms with Crippen molar-refractivity contribution in [3.8, 4) is 0 Å². The topological polar surface area (TPSA) is 44.8 Å². The zero-order chi connectivity index (χ0) is 11.2. The van der Waals surface area contributed by atoms with E-state index in [0.29, 0.717) is 4.98 Å². The molecule has 0 rings (SSSR count). The minimum absolute atomic E-state index is 0.190. The second-order valence-electron chi connectivity index (χ2n) is 2.87. The van der Waals surface area contributed by atoms with Crippen molar-refractivity contribution in [2.45, 2.75) is 30.1 Å². The second kappa shape index (κ2) is 6.81. The van der Waals surface area contributed by atoms with Gasteiger partial charge in [0.05, 0.1) is 0 Å². The third kappa shape index (κ3) is 3.87. The first-order valence-electron chi connectivity index (χ1n) is 4.45. The molecule has 0 saturated carbocycles. The van der Waals surface area contributed by atoms with Crippen LogP contribution in [-0.4, -0.2) is 30.1 Å². The van der Waals surface area contributed by atoms with Crippen LogP contribution in [0.25, 0.3) is 0 Å². The standard InChI is InChI=1S/C4H11O3Si.C4H9.Co.O/c1-5-8(4,6-2)7-3;1-3-4-2;;/h4H2,1-3H3;3H,4H2,1-2H3;;. The molecule has 0 saturated heterocycles. The molecule has 0 N–H and O–H groups in total. The van der Waals surface area contributed by atoms with Gasteiger partial charge < -0.3 is 0 Å². The number of hydrogen-bond donors (Lipinski definition) is 0. The summed E-state index contributed by atoms with van der Waals surface area (Å²) in [6.45, 7) is 3.99. The molecule has 0 aliphatic carbocycles. The fourth-order valence-electron chi connectivity index (χ4n) is 0.805. The van der Waals surface area contributed by atoms with Crippen molar-refractivity contribution < 1.29 is 30.7 Å². The maximum absolute atomic E-state index is 11.8. The van der Waals surface area contributed by atoms with E-state index < -0.39 is 22.4 Å². The first kappa shape index (κ1) is 14.4. The Bertz CT molecular complexity index is 176. The molecular weight excluding hydrogens is 247 g/mol. The van der Waals surface area contributed by atoms with Gasteiger partial charge in [-0.15, -0.1) is 0 Å². The van der Waals surface area contributed by atoms with E-state index in [1.165, 1.54) is 0 Å². The molecule has 0 aliphatic rings. The van der Waals surface area contributed by atoms with E-state index in [1.807, 2.05) is 13.8 Å². The summed E-state index contributed by atoms with van der Waals surface area (Å²) in [4.78, 5) is 0.591. The van der Waals surface area contributed by atoms with Gasteiger partial charge in [-0.05, 0) is 0 Å². The third-order valence-corrected chi connectivity index (χ3v) is 8.50. The summed E-state index contributed by atoms with van der Waals surface area (Å²) < 4.78 is 27.4. The molecule has 4 nitrogen and oxygen atoms in total. The van der Waals surface area contributed by atoms with Crippen molar-refractivity contribution in [2.24, 2.45) is 0 Å². The molecule has 0 fully saturated rings. The molecule has 1 atom stereocenters. The average molecular weight is 267 g/mol. The quantitative estimate of drug-likeness (QED) is 0.662. The monoisotopic (exact) mass is 267 g/mol. The van der Waals surface area contributed by atoms with Gasteiger partial charge in [-0.25, -0.2) is 0 Å². The third-order valence-electron chi connectivity index (χ3n) is 2.10. The Morgan fingerprint density at radius 1 is 1.21 bits per heavy atom. The van der Waals surface area contributed by atoms with Gasteiger partial charge in [0.2, 0.25) is 0 Å². The molecule has 0 spiro atoms. The van der Waals surface area contributed by atoms with Gasteiger partial charge in [-0.2, -0.15) is 0 Å². The molecule has 0 aromatic heterocycles. The van der Waals surface area contributed by atoms with Gasteiger partial charge in [0.1, 0.15) is 0 Å². The fourth-order valence-corrected chi connectivity index (χ4v) is 6.36. The van der Waals surface area contributed by atoms with Crippen LogP contribution in [0.3, 0.4) is 0 Å². The van der Waals surface area contributed by atoms with E-state index in [4.69, 9.17) is 13.3 Å². The summed E-state index contributed by atoms with van der Waals surface area (Å²) >= 11 is -1.29. The van der Waals surface area contributed by atoms with E-state index in [2.05, 4.69) is 0 Å². The fraction of sp³-hybridized carbons (Fsp3) is 1.00. The van der Waals surface area contributed by atoms with Gasteiger partial charge in [0, 0.05) is 0 Å². The summed E-state index contributed by atoms with van der Waals surface area (Å²) in [5.74, 6) is 0. The zero-order valence-corrected chi connectivity index (χ0v) is 11.5. The molecule has 0 aliphatic heterocycles. The van der Waals surface area contributed by atoms with Crippen LogP contribution in [0.1, 0.15) is 20.3 Å². The van der Waals surface area contributed by atoms with Crippen LogP contribution in [0.15, 0.2) is 0 Å². The van der Waals surface area contributed by atoms with Crippen LogP contribution >= 0.6 is 0 Å². The first-order chi connectivity index (χ1) is 6.55. The Balaban J connectivity index is 4.37. The summed E-state index contributed by atoms with van der Waals surface area (Å²) in [5, 5.41) is 0. The van der Waals surface area contributed by atoms with Crippen molar-refractivity contribution >= 4 is 8.80 Å². The van der Waals surface area contributed by atoms with Gasteiger partial charge in [0.15, 0.2) is 0 Å². The molecule has 14 heavy (non-hydrogen) atoms. The van der Waals surface area contributed by atoms with Crippen LogP contribution in [0.2, 0.25) is 9.83 Å². The van der Waals surface area contributed by atoms with Crippen molar-refractivity contribution in [1.82, 2.24) is 0 Å². The zero-order valence-electron chi connectivity index (χ0n) is 9.46. The van der Waals surface area contributed by atoms with Crippen molar-refractivity contribution in [2.75, 3.05) is 21.3 Å². The molecule has 0 aromatic rings. The number of hydrogen-bond acceptors (Lipinski definition) is 4. The summed E-state index contributed by atoms with van der Waals surface area (Å²) in [5.41, 5.74) is 0. The Labute approximate surface area is 91.3 Å².